The number of rotatable bonds is 4. The minimum absolute atomic E-state index is 0.213. The van der Waals surface area contributed by atoms with Crippen LogP contribution >= 0.6 is 27.5 Å². The van der Waals surface area contributed by atoms with Crippen LogP contribution < -0.4 is 5.32 Å². The molecule has 1 aliphatic carbocycles. The van der Waals surface area contributed by atoms with Gasteiger partial charge in [0.1, 0.15) is 5.82 Å². The van der Waals surface area contributed by atoms with E-state index in [-0.39, 0.29) is 5.82 Å². The first-order chi connectivity index (χ1) is 8.15. The van der Waals surface area contributed by atoms with Gasteiger partial charge in [0.05, 0.1) is 4.47 Å². The van der Waals surface area contributed by atoms with Gasteiger partial charge in [-0.2, -0.15) is 0 Å². The minimum Gasteiger partial charge on any atom is -0.312 e. The van der Waals surface area contributed by atoms with E-state index in [1.165, 1.54) is 12.5 Å². The minimum atomic E-state index is -0.213. The Morgan fingerprint density at radius 2 is 2.24 bits per heavy atom. The molecule has 0 amide bonds. The van der Waals surface area contributed by atoms with E-state index < -0.39 is 0 Å². The Labute approximate surface area is 115 Å². The molecule has 0 heterocycles. The van der Waals surface area contributed by atoms with Gasteiger partial charge in [0.2, 0.25) is 0 Å². The van der Waals surface area contributed by atoms with E-state index in [1.807, 2.05) is 12.1 Å². The SMILES string of the molecule is Fc1ccc(CNCC2CCC(Cl)C2)cc1Br. The quantitative estimate of drug-likeness (QED) is 0.824. The fourth-order valence-corrected chi connectivity index (χ4v) is 3.07. The molecule has 2 atom stereocenters. The van der Waals surface area contributed by atoms with Gasteiger partial charge < -0.3 is 5.32 Å². The zero-order chi connectivity index (χ0) is 12.3. The van der Waals surface area contributed by atoms with Crippen LogP contribution in [0.2, 0.25) is 0 Å². The van der Waals surface area contributed by atoms with Crippen LogP contribution in [0.5, 0.6) is 0 Å². The summed E-state index contributed by atoms with van der Waals surface area (Å²) in [5.74, 6) is 0.482. The van der Waals surface area contributed by atoms with Crippen molar-refractivity contribution in [2.24, 2.45) is 5.92 Å². The van der Waals surface area contributed by atoms with Crippen molar-refractivity contribution in [1.29, 1.82) is 0 Å². The van der Waals surface area contributed by atoms with E-state index in [2.05, 4.69) is 21.2 Å². The molecular formula is C13H16BrClFN. The van der Waals surface area contributed by atoms with Crippen molar-refractivity contribution in [2.45, 2.75) is 31.2 Å². The predicted octanol–water partition coefficient (Wildman–Crippen LogP) is 4.09. The molecule has 1 saturated carbocycles. The maximum Gasteiger partial charge on any atom is 0.137 e. The highest BCUT2D eigenvalue weighted by atomic mass is 79.9. The molecule has 1 aromatic carbocycles. The van der Waals surface area contributed by atoms with Crippen molar-refractivity contribution < 1.29 is 4.39 Å². The van der Waals surface area contributed by atoms with Gasteiger partial charge in [0.25, 0.3) is 0 Å². The Kier molecular flexibility index (Phi) is 4.83. The summed E-state index contributed by atoms with van der Waals surface area (Å²) in [6.07, 6.45) is 3.46. The van der Waals surface area contributed by atoms with Gasteiger partial charge >= 0.3 is 0 Å². The maximum atomic E-state index is 13.0. The molecule has 0 saturated heterocycles. The molecule has 1 fully saturated rings. The van der Waals surface area contributed by atoms with E-state index in [0.717, 1.165) is 31.5 Å². The molecule has 2 unspecified atom stereocenters. The molecular weight excluding hydrogens is 305 g/mol. The summed E-state index contributed by atoms with van der Waals surface area (Å²) in [4.78, 5) is 0. The summed E-state index contributed by atoms with van der Waals surface area (Å²) in [6, 6.07) is 5.12. The molecule has 1 N–H and O–H groups in total. The number of hydrogen-bond donors (Lipinski definition) is 1. The van der Waals surface area contributed by atoms with Crippen LogP contribution in [0, 0.1) is 11.7 Å². The molecule has 0 aliphatic heterocycles. The summed E-state index contributed by atoms with van der Waals surface area (Å²) in [5.41, 5.74) is 1.10. The molecule has 94 valence electrons. The summed E-state index contributed by atoms with van der Waals surface area (Å²) in [5, 5.41) is 3.77. The van der Waals surface area contributed by atoms with Crippen molar-refractivity contribution >= 4 is 27.5 Å². The van der Waals surface area contributed by atoms with E-state index in [9.17, 15) is 4.39 Å². The van der Waals surface area contributed by atoms with Gasteiger partial charge in [0.15, 0.2) is 0 Å². The van der Waals surface area contributed by atoms with E-state index in [4.69, 9.17) is 11.6 Å². The standard InChI is InChI=1S/C13H16BrClFN/c14-12-6-10(2-4-13(12)16)8-17-7-9-1-3-11(15)5-9/h2,4,6,9,11,17H,1,3,5,7-8H2. The van der Waals surface area contributed by atoms with Crippen LogP contribution in [0.1, 0.15) is 24.8 Å². The van der Waals surface area contributed by atoms with Crippen LogP contribution in [-0.2, 0) is 6.54 Å². The average molecular weight is 321 g/mol. The third-order valence-corrected chi connectivity index (χ3v) is 4.23. The lowest BCUT2D eigenvalue weighted by Crippen LogP contribution is -2.21. The number of alkyl halides is 1. The number of nitrogens with one attached hydrogen (secondary N) is 1. The monoisotopic (exact) mass is 319 g/mol. The van der Waals surface area contributed by atoms with Gasteiger partial charge in [-0.3, -0.25) is 0 Å². The lowest BCUT2D eigenvalue weighted by molar-refractivity contribution is 0.489. The molecule has 0 bridgehead atoms. The highest BCUT2D eigenvalue weighted by Gasteiger charge is 2.22. The number of hydrogen-bond acceptors (Lipinski definition) is 1. The predicted molar refractivity (Wildman–Crippen MR) is 72.8 cm³/mol. The summed E-state index contributed by atoms with van der Waals surface area (Å²) >= 11 is 9.26. The van der Waals surface area contributed by atoms with E-state index >= 15 is 0 Å². The molecule has 1 nitrogen and oxygen atoms in total. The molecule has 1 aromatic rings. The number of halogens is 3. The largest absolute Gasteiger partial charge is 0.312 e. The molecule has 0 radical (unpaired) electrons. The van der Waals surface area contributed by atoms with Crippen molar-refractivity contribution in [1.82, 2.24) is 5.32 Å². The Morgan fingerprint density at radius 1 is 1.41 bits per heavy atom. The highest BCUT2D eigenvalue weighted by molar-refractivity contribution is 9.10. The summed E-state index contributed by atoms with van der Waals surface area (Å²) < 4.78 is 13.6. The molecule has 2 rings (SSSR count). The summed E-state index contributed by atoms with van der Waals surface area (Å²) in [7, 11) is 0. The van der Waals surface area contributed by atoms with E-state index in [1.54, 1.807) is 0 Å². The average Bonchev–Trinajstić information content (AvgIpc) is 2.70. The van der Waals surface area contributed by atoms with Crippen LogP contribution in [0.4, 0.5) is 4.39 Å². The molecule has 0 aromatic heterocycles. The second-order valence-electron chi connectivity index (χ2n) is 4.66. The topological polar surface area (TPSA) is 12.0 Å². The first-order valence-corrected chi connectivity index (χ1v) is 7.17. The Hall–Kier alpha value is -0.120. The molecule has 0 spiro atoms. The number of benzene rings is 1. The first-order valence-electron chi connectivity index (χ1n) is 5.94. The van der Waals surface area contributed by atoms with Crippen LogP contribution in [-0.4, -0.2) is 11.9 Å². The lowest BCUT2D eigenvalue weighted by Gasteiger charge is -2.11. The smallest absolute Gasteiger partial charge is 0.137 e. The maximum absolute atomic E-state index is 13.0. The third-order valence-electron chi connectivity index (χ3n) is 3.22. The van der Waals surface area contributed by atoms with Gasteiger partial charge in [-0.25, -0.2) is 4.39 Å². The molecule has 4 heteroatoms. The van der Waals surface area contributed by atoms with Gasteiger partial charge in [-0.1, -0.05) is 6.07 Å². The van der Waals surface area contributed by atoms with Crippen molar-refractivity contribution in [3.63, 3.8) is 0 Å². The van der Waals surface area contributed by atoms with Gasteiger partial charge in [-0.15, -0.1) is 11.6 Å². The Bertz CT molecular complexity index is 386. The third kappa shape index (κ3) is 3.94. The van der Waals surface area contributed by atoms with Crippen molar-refractivity contribution in [3.05, 3.63) is 34.1 Å². The van der Waals surface area contributed by atoms with Crippen molar-refractivity contribution in [2.75, 3.05) is 6.54 Å². The normalized spacial score (nSPS) is 24.2. The van der Waals surface area contributed by atoms with Crippen LogP contribution in [0.3, 0.4) is 0 Å². The first kappa shape index (κ1) is 13.3. The van der Waals surface area contributed by atoms with Gasteiger partial charge in [0, 0.05) is 11.9 Å². The Morgan fingerprint density at radius 3 is 2.88 bits per heavy atom. The van der Waals surface area contributed by atoms with E-state index in [0.29, 0.717) is 15.8 Å². The summed E-state index contributed by atoms with van der Waals surface area (Å²) in [6.45, 7) is 1.78. The fourth-order valence-electron chi connectivity index (χ4n) is 2.27. The zero-order valence-corrected chi connectivity index (χ0v) is 11.9. The molecule has 1 aliphatic rings. The molecule has 17 heavy (non-hydrogen) atoms. The van der Waals surface area contributed by atoms with Crippen molar-refractivity contribution in [3.8, 4) is 0 Å². The second-order valence-corrected chi connectivity index (χ2v) is 6.13. The van der Waals surface area contributed by atoms with Crippen LogP contribution in [0.25, 0.3) is 0 Å². The highest BCUT2D eigenvalue weighted by Crippen LogP contribution is 2.28. The Balaban J connectivity index is 1.76. The zero-order valence-electron chi connectivity index (χ0n) is 9.56. The van der Waals surface area contributed by atoms with Gasteiger partial charge in [-0.05, 0) is 65.4 Å². The lowest BCUT2D eigenvalue weighted by atomic mass is 10.1. The van der Waals surface area contributed by atoms with Crippen LogP contribution in [0.15, 0.2) is 22.7 Å². The second kappa shape index (κ2) is 6.17. The fraction of sp³-hybridized carbons (Fsp3) is 0.538.